The molecule has 2 atom stereocenters. The summed E-state index contributed by atoms with van der Waals surface area (Å²) in [7, 11) is 2.07. The first kappa shape index (κ1) is 26.2. The molecule has 0 saturated carbocycles. The van der Waals surface area contributed by atoms with Crippen LogP contribution < -0.4 is 15.5 Å². The van der Waals surface area contributed by atoms with Crippen LogP contribution >= 0.6 is 11.9 Å². The van der Waals surface area contributed by atoms with E-state index in [9.17, 15) is 17.6 Å². The van der Waals surface area contributed by atoms with Gasteiger partial charge in [-0.25, -0.2) is 14.8 Å². The molecule has 1 saturated heterocycles. The molecule has 3 aliphatic heterocycles. The summed E-state index contributed by atoms with van der Waals surface area (Å²) in [6.07, 6.45) is 1.57. The van der Waals surface area contributed by atoms with Crippen molar-refractivity contribution < 1.29 is 17.6 Å². The molecule has 1 fully saturated rings. The van der Waals surface area contributed by atoms with Crippen molar-refractivity contribution in [3.63, 3.8) is 0 Å². The normalized spacial score (nSPS) is 25.4. The highest BCUT2D eigenvalue weighted by Gasteiger charge is 2.37. The maximum absolute atomic E-state index is 13.4. The summed E-state index contributed by atoms with van der Waals surface area (Å²) in [6, 6.07) is 3.03. The number of nitrogens with zero attached hydrogens (tertiary/aromatic N) is 2. The number of hydrogen-bond acceptors (Lipinski definition) is 6. The van der Waals surface area contributed by atoms with Crippen molar-refractivity contribution in [3.8, 4) is 0 Å². The first-order valence-electron chi connectivity index (χ1n) is 11.9. The SMILES string of the molecule is CC1=CC(C2NN(C)C(N3CCC(NSc4ccc(F)cc4C(F)(F)F)CC3)C(C)=C2C)=CCN1. The molecule has 192 valence electrons. The Kier molecular flexibility index (Phi) is 7.97. The molecule has 0 aromatic heterocycles. The lowest BCUT2D eigenvalue weighted by atomic mass is 9.90. The van der Waals surface area contributed by atoms with Gasteiger partial charge >= 0.3 is 6.18 Å². The average Bonchev–Trinajstić information content (AvgIpc) is 2.81. The number of halogens is 4. The summed E-state index contributed by atoms with van der Waals surface area (Å²) >= 11 is 0.940. The van der Waals surface area contributed by atoms with E-state index in [0.29, 0.717) is 6.07 Å². The number of hydrogen-bond donors (Lipinski definition) is 3. The second kappa shape index (κ2) is 10.6. The number of allylic oxidation sites excluding steroid dienone is 1. The molecule has 3 heterocycles. The summed E-state index contributed by atoms with van der Waals surface area (Å²) in [6.45, 7) is 8.93. The van der Waals surface area contributed by atoms with Gasteiger partial charge in [-0.3, -0.25) is 9.62 Å². The topological polar surface area (TPSA) is 42.6 Å². The van der Waals surface area contributed by atoms with Crippen LogP contribution in [-0.4, -0.2) is 54.8 Å². The highest BCUT2D eigenvalue weighted by Crippen LogP contribution is 2.37. The van der Waals surface area contributed by atoms with Gasteiger partial charge in [0.25, 0.3) is 0 Å². The number of hydrazine groups is 1. The molecular formula is C25H33F4N5S. The van der Waals surface area contributed by atoms with E-state index in [1.807, 2.05) is 0 Å². The Morgan fingerprint density at radius 2 is 1.80 bits per heavy atom. The predicted molar refractivity (Wildman–Crippen MR) is 132 cm³/mol. The molecule has 0 bridgehead atoms. The summed E-state index contributed by atoms with van der Waals surface area (Å²) in [5, 5.41) is 5.50. The molecule has 0 aliphatic carbocycles. The van der Waals surface area contributed by atoms with Crippen molar-refractivity contribution in [2.75, 3.05) is 26.7 Å². The van der Waals surface area contributed by atoms with Gasteiger partial charge in [-0.1, -0.05) is 6.08 Å². The van der Waals surface area contributed by atoms with Gasteiger partial charge in [-0.05, 0) is 86.6 Å². The number of likely N-dealkylation sites (N-methyl/N-ethyl adjacent to an activating group) is 1. The number of likely N-dealkylation sites (tertiary alicyclic amines) is 1. The number of alkyl halides is 3. The molecule has 10 heteroatoms. The number of rotatable bonds is 5. The fourth-order valence-corrected chi connectivity index (χ4v) is 6.00. The van der Waals surface area contributed by atoms with Crippen LogP contribution in [0.1, 0.15) is 39.2 Å². The Morgan fingerprint density at radius 3 is 2.46 bits per heavy atom. The standard InChI is InChI=1S/C25H33F4N5S/c1-15-13-18(7-10-30-15)23-16(2)17(3)24(33(4)31-23)34-11-8-20(9-12-34)32-35-22-6-5-19(26)14-21(22)25(27,28)29/h5-7,13-14,20,23-24,30-32H,8-12H2,1-4H3. The van der Waals surface area contributed by atoms with Gasteiger partial charge in [0.2, 0.25) is 0 Å². The molecule has 1 aromatic carbocycles. The van der Waals surface area contributed by atoms with Crippen LogP contribution in [0, 0.1) is 5.82 Å². The van der Waals surface area contributed by atoms with Crippen LogP contribution in [-0.2, 0) is 6.18 Å². The molecule has 0 amide bonds. The third-order valence-corrected chi connectivity index (χ3v) is 8.06. The van der Waals surface area contributed by atoms with Crippen molar-refractivity contribution >= 4 is 11.9 Å². The number of benzene rings is 1. The molecule has 3 N–H and O–H groups in total. The van der Waals surface area contributed by atoms with Crippen molar-refractivity contribution in [1.29, 1.82) is 0 Å². The van der Waals surface area contributed by atoms with Crippen LogP contribution in [0.25, 0.3) is 0 Å². The van der Waals surface area contributed by atoms with Gasteiger partial charge in [-0.15, -0.1) is 0 Å². The Balaban J connectivity index is 1.37. The Bertz CT molecular complexity index is 1030. The summed E-state index contributed by atoms with van der Waals surface area (Å²) in [5.74, 6) is -0.885. The Morgan fingerprint density at radius 1 is 1.09 bits per heavy atom. The maximum atomic E-state index is 13.4. The second-order valence-corrected chi connectivity index (χ2v) is 10.4. The van der Waals surface area contributed by atoms with Crippen molar-refractivity contribution in [2.24, 2.45) is 0 Å². The predicted octanol–water partition coefficient (Wildman–Crippen LogP) is 4.82. The van der Waals surface area contributed by atoms with E-state index in [-0.39, 0.29) is 23.1 Å². The van der Waals surface area contributed by atoms with E-state index in [1.165, 1.54) is 22.8 Å². The first-order chi connectivity index (χ1) is 16.5. The lowest BCUT2D eigenvalue weighted by Gasteiger charge is -2.47. The van der Waals surface area contributed by atoms with Gasteiger partial charge in [0.15, 0.2) is 0 Å². The zero-order chi connectivity index (χ0) is 25.3. The number of dihydropyridines is 1. The summed E-state index contributed by atoms with van der Waals surface area (Å²) in [5.41, 5.74) is 7.78. The smallest absolute Gasteiger partial charge is 0.385 e. The fraction of sp³-hybridized carbons (Fsp3) is 0.520. The monoisotopic (exact) mass is 511 g/mol. The summed E-state index contributed by atoms with van der Waals surface area (Å²) in [4.78, 5) is 2.41. The molecule has 3 aliphatic rings. The van der Waals surface area contributed by atoms with E-state index in [4.69, 9.17) is 0 Å². The van der Waals surface area contributed by atoms with Crippen LogP contribution in [0.4, 0.5) is 17.6 Å². The largest absolute Gasteiger partial charge is 0.417 e. The maximum Gasteiger partial charge on any atom is 0.417 e. The molecular weight excluding hydrogens is 478 g/mol. The molecule has 5 nitrogen and oxygen atoms in total. The van der Waals surface area contributed by atoms with Gasteiger partial charge in [0.1, 0.15) is 5.82 Å². The lowest BCUT2D eigenvalue weighted by molar-refractivity contribution is -0.139. The highest BCUT2D eigenvalue weighted by atomic mass is 32.2. The van der Waals surface area contributed by atoms with Gasteiger partial charge in [0.05, 0.1) is 17.8 Å². The van der Waals surface area contributed by atoms with E-state index in [0.717, 1.165) is 56.2 Å². The van der Waals surface area contributed by atoms with Gasteiger partial charge in [-0.2, -0.15) is 13.2 Å². The van der Waals surface area contributed by atoms with Crippen molar-refractivity contribution in [1.82, 2.24) is 25.4 Å². The Labute approximate surface area is 208 Å². The quantitative estimate of drug-likeness (QED) is 0.299. The summed E-state index contributed by atoms with van der Waals surface area (Å²) < 4.78 is 56.4. The van der Waals surface area contributed by atoms with E-state index < -0.39 is 17.6 Å². The molecule has 4 rings (SSSR count). The van der Waals surface area contributed by atoms with Crippen LogP contribution in [0.2, 0.25) is 0 Å². The fourth-order valence-electron chi connectivity index (χ4n) is 5.05. The average molecular weight is 512 g/mol. The molecule has 35 heavy (non-hydrogen) atoms. The molecule has 1 aromatic rings. The molecule has 0 spiro atoms. The first-order valence-corrected chi connectivity index (χ1v) is 12.7. The minimum Gasteiger partial charge on any atom is -0.385 e. The minimum absolute atomic E-state index is 0.00510. The lowest BCUT2D eigenvalue weighted by Crippen LogP contribution is -2.61. The zero-order valence-corrected chi connectivity index (χ0v) is 21.3. The van der Waals surface area contributed by atoms with Crippen LogP contribution in [0.15, 0.2) is 57.7 Å². The highest BCUT2D eigenvalue weighted by molar-refractivity contribution is 7.97. The molecule has 2 unspecified atom stereocenters. The van der Waals surface area contributed by atoms with Gasteiger partial charge in [0, 0.05) is 43.3 Å². The van der Waals surface area contributed by atoms with Crippen LogP contribution in [0.5, 0.6) is 0 Å². The number of nitrogens with one attached hydrogen (secondary N) is 3. The van der Waals surface area contributed by atoms with Crippen LogP contribution in [0.3, 0.4) is 0 Å². The van der Waals surface area contributed by atoms with Crippen molar-refractivity contribution in [3.05, 3.63) is 64.1 Å². The second-order valence-electron chi connectivity index (χ2n) is 9.49. The van der Waals surface area contributed by atoms with Crippen molar-refractivity contribution in [2.45, 2.75) is 62.9 Å². The third kappa shape index (κ3) is 5.94. The zero-order valence-electron chi connectivity index (χ0n) is 20.5. The Hall–Kier alpha value is -1.85. The third-order valence-electron chi connectivity index (χ3n) is 7.04. The number of piperidine rings is 1. The molecule has 0 radical (unpaired) electrons. The van der Waals surface area contributed by atoms with E-state index in [1.54, 1.807) is 0 Å². The van der Waals surface area contributed by atoms with E-state index >= 15 is 0 Å². The van der Waals surface area contributed by atoms with E-state index in [2.05, 4.69) is 65.3 Å². The minimum atomic E-state index is -4.59. The van der Waals surface area contributed by atoms with Gasteiger partial charge < -0.3 is 5.32 Å².